The molecule has 0 fully saturated rings. The summed E-state index contributed by atoms with van der Waals surface area (Å²) in [6.07, 6.45) is 1.71. The lowest BCUT2D eigenvalue weighted by molar-refractivity contribution is 0.414. The van der Waals surface area contributed by atoms with Gasteiger partial charge in [0, 0.05) is 38.5 Å². The monoisotopic (exact) mass is 394 g/mol. The van der Waals surface area contributed by atoms with Crippen LogP contribution in [0.15, 0.2) is 71.9 Å². The molecule has 0 aliphatic carbocycles. The molecule has 150 valence electrons. The minimum Gasteiger partial charge on any atom is -0.497 e. The summed E-state index contributed by atoms with van der Waals surface area (Å²) >= 11 is 0. The first-order valence-corrected chi connectivity index (χ1v) is 9.12. The van der Waals surface area contributed by atoms with Crippen molar-refractivity contribution in [2.45, 2.75) is 13.1 Å². The zero-order valence-corrected chi connectivity index (χ0v) is 16.4. The normalized spacial score (nSPS) is 11.1. The van der Waals surface area contributed by atoms with E-state index in [0.717, 1.165) is 16.9 Å². The van der Waals surface area contributed by atoms with Crippen molar-refractivity contribution in [1.29, 1.82) is 0 Å². The van der Waals surface area contributed by atoms with Crippen molar-refractivity contribution in [2.75, 3.05) is 14.2 Å². The quantitative estimate of drug-likeness (QED) is 0.470. The Morgan fingerprint density at radius 1 is 0.966 bits per heavy atom. The molecule has 0 amide bonds. The van der Waals surface area contributed by atoms with Gasteiger partial charge in [-0.25, -0.2) is 9.37 Å². The SMILES string of the molecule is CN=C(NCc1ccc(Oc2cccc(F)c2)nc1)NCc1cccc(OC)c1. The number of ether oxygens (including phenoxy) is 2. The Labute approximate surface area is 169 Å². The van der Waals surface area contributed by atoms with Crippen LogP contribution in [0, 0.1) is 5.82 Å². The number of rotatable bonds is 7. The number of guanidine groups is 1. The fraction of sp³-hybridized carbons (Fsp3) is 0.182. The van der Waals surface area contributed by atoms with E-state index in [2.05, 4.69) is 20.6 Å². The first kappa shape index (κ1) is 20.1. The second-order valence-electron chi connectivity index (χ2n) is 6.19. The number of methoxy groups -OCH3 is 1. The molecule has 1 aromatic heterocycles. The van der Waals surface area contributed by atoms with E-state index < -0.39 is 0 Å². The maximum absolute atomic E-state index is 13.2. The lowest BCUT2D eigenvalue weighted by Crippen LogP contribution is -2.36. The highest BCUT2D eigenvalue weighted by atomic mass is 19.1. The summed E-state index contributed by atoms with van der Waals surface area (Å²) in [4.78, 5) is 8.49. The van der Waals surface area contributed by atoms with E-state index in [1.165, 1.54) is 12.1 Å². The largest absolute Gasteiger partial charge is 0.497 e. The average Bonchev–Trinajstić information content (AvgIpc) is 2.75. The molecule has 0 aliphatic heterocycles. The van der Waals surface area contributed by atoms with Gasteiger partial charge < -0.3 is 20.1 Å². The van der Waals surface area contributed by atoms with E-state index in [1.54, 1.807) is 38.6 Å². The number of hydrogen-bond acceptors (Lipinski definition) is 4. The van der Waals surface area contributed by atoms with Gasteiger partial charge in [-0.1, -0.05) is 24.3 Å². The number of nitrogens with zero attached hydrogens (tertiary/aromatic N) is 2. The summed E-state index contributed by atoms with van der Waals surface area (Å²) in [7, 11) is 3.37. The third-order valence-corrected chi connectivity index (χ3v) is 4.09. The van der Waals surface area contributed by atoms with Crippen molar-refractivity contribution in [3.8, 4) is 17.4 Å². The maximum atomic E-state index is 13.2. The Hall–Kier alpha value is -3.61. The van der Waals surface area contributed by atoms with Crippen LogP contribution in [-0.4, -0.2) is 25.1 Å². The first-order valence-electron chi connectivity index (χ1n) is 9.12. The molecule has 0 atom stereocenters. The van der Waals surface area contributed by atoms with Gasteiger partial charge in [-0.05, 0) is 35.4 Å². The molecule has 3 aromatic rings. The number of aliphatic imine (C=N–C) groups is 1. The second kappa shape index (κ2) is 10.1. The van der Waals surface area contributed by atoms with Gasteiger partial charge in [-0.3, -0.25) is 4.99 Å². The van der Waals surface area contributed by atoms with Crippen molar-refractivity contribution in [3.05, 3.63) is 83.8 Å². The van der Waals surface area contributed by atoms with Crippen LogP contribution in [0.4, 0.5) is 4.39 Å². The number of benzene rings is 2. The van der Waals surface area contributed by atoms with Crippen LogP contribution in [0.3, 0.4) is 0 Å². The second-order valence-corrected chi connectivity index (χ2v) is 6.19. The zero-order valence-electron chi connectivity index (χ0n) is 16.4. The van der Waals surface area contributed by atoms with Gasteiger partial charge in [-0.15, -0.1) is 0 Å². The topological polar surface area (TPSA) is 67.8 Å². The minimum atomic E-state index is -0.351. The van der Waals surface area contributed by atoms with E-state index in [9.17, 15) is 4.39 Å². The number of nitrogens with one attached hydrogen (secondary N) is 2. The molecular weight excluding hydrogens is 371 g/mol. The predicted octanol–water partition coefficient (Wildman–Crippen LogP) is 3.89. The molecule has 1 heterocycles. The standard InChI is InChI=1S/C22H23FN4O2/c1-24-22(26-13-16-5-3-7-19(11-16)28-2)27-15-17-9-10-21(25-14-17)29-20-8-4-6-18(23)12-20/h3-12,14H,13,15H2,1-2H3,(H2,24,26,27). The van der Waals surface area contributed by atoms with Crippen molar-refractivity contribution >= 4 is 5.96 Å². The average molecular weight is 394 g/mol. The molecule has 6 nitrogen and oxygen atoms in total. The van der Waals surface area contributed by atoms with Gasteiger partial charge >= 0.3 is 0 Å². The third-order valence-electron chi connectivity index (χ3n) is 4.09. The van der Waals surface area contributed by atoms with E-state index in [0.29, 0.717) is 30.7 Å². The van der Waals surface area contributed by atoms with E-state index in [4.69, 9.17) is 9.47 Å². The summed E-state index contributed by atoms with van der Waals surface area (Å²) in [5.41, 5.74) is 2.05. The molecule has 7 heteroatoms. The molecule has 0 unspecified atom stereocenters. The molecule has 0 saturated carbocycles. The lowest BCUT2D eigenvalue weighted by atomic mass is 10.2. The maximum Gasteiger partial charge on any atom is 0.219 e. The van der Waals surface area contributed by atoms with Crippen LogP contribution in [0.2, 0.25) is 0 Å². The Balaban J connectivity index is 1.50. The number of pyridine rings is 1. The smallest absolute Gasteiger partial charge is 0.219 e. The fourth-order valence-corrected chi connectivity index (χ4v) is 2.60. The summed E-state index contributed by atoms with van der Waals surface area (Å²) < 4.78 is 24.0. The number of halogens is 1. The Kier molecular flexibility index (Phi) is 7.00. The molecule has 2 N–H and O–H groups in total. The molecule has 0 aliphatic rings. The molecule has 0 bridgehead atoms. The van der Waals surface area contributed by atoms with Crippen molar-refractivity contribution in [1.82, 2.24) is 15.6 Å². The van der Waals surface area contributed by atoms with E-state index >= 15 is 0 Å². The van der Waals surface area contributed by atoms with Crippen LogP contribution in [-0.2, 0) is 13.1 Å². The summed E-state index contributed by atoms with van der Waals surface area (Å²) in [6, 6.07) is 17.4. The van der Waals surface area contributed by atoms with Crippen LogP contribution < -0.4 is 20.1 Å². The van der Waals surface area contributed by atoms with Gasteiger partial charge in [0.15, 0.2) is 5.96 Å². The molecular formula is C22H23FN4O2. The van der Waals surface area contributed by atoms with Crippen LogP contribution in [0.5, 0.6) is 17.4 Å². The molecule has 0 saturated heterocycles. The minimum absolute atomic E-state index is 0.351. The molecule has 29 heavy (non-hydrogen) atoms. The summed E-state index contributed by atoms with van der Waals surface area (Å²) in [5, 5.41) is 6.50. The van der Waals surface area contributed by atoms with Gasteiger partial charge in [0.1, 0.15) is 17.3 Å². The fourth-order valence-electron chi connectivity index (χ4n) is 2.60. The lowest BCUT2D eigenvalue weighted by Gasteiger charge is -2.12. The Morgan fingerprint density at radius 3 is 2.41 bits per heavy atom. The van der Waals surface area contributed by atoms with Crippen molar-refractivity contribution < 1.29 is 13.9 Å². The van der Waals surface area contributed by atoms with Gasteiger partial charge in [-0.2, -0.15) is 0 Å². The Bertz CT molecular complexity index is 961. The van der Waals surface area contributed by atoms with E-state index in [1.807, 2.05) is 30.3 Å². The predicted molar refractivity (Wildman–Crippen MR) is 111 cm³/mol. The molecule has 3 rings (SSSR count). The zero-order chi connectivity index (χ0) is 20.5. The van der Waals surface area contributed by atoms with Crippen LogP contribution in [0.25, 0.3) is 0 Å². The van der Waals surface area contributed by atoms with Crippen LogP contribution >= 0.6 is 0 Å². The first-order chi connectivity index (χ1) is 14.2. The van der Waals surface area contributed by atoms with Crippen LogP contribution in [0.1, 0.15) is 11.1 Å². The highest BCUT2D eigenvalue weighted by Gasteiger charge is 2.03. The third kappa shape index (κ3) is 6.21. The summed E-state index contributed by atoms with van der Waals surface area (Å²) in [6.45, 7) is 1.17. The summed E-state index contributed by atoms with van der Waals surface area (Å²) in [5.74, 6) is 1.95. The highest BCUT2D eigenvalue weighted by Crippen LogP contribution is 2.20. The molecule has 0 spiro atoms. The molecule has 2 aromatic carbocycles. The van der Waals surface area contributed by atoms with Gasteiger partial charge in [0.05, 0.1) is 7.11 Å². The number of hydrogen-bond donors (Lipinski definition) is 2. The van der Waals surface area contributed by atoms with E-state index in [-0.39, 0.29) is 5.82 Å². The number of aromatic nitrogens is 1. The molecule has 0 radical (unpaired) electrons. The van der Waals surface area contributed by atoms with Gasteiger partial charge in [0.25, 0.3) is 0 Å². The Morgan fingerprint density at radius 2 is 1.72 bits per heavy atom. The van der Waals surface area contributed by atoms with Crippen molar-refractivity contribution in [2.24, 2.45) is 4.99 Å². The highest BCUT2D eigenvalue weighted by molar-refractivity contribution is 5.79. The van der Waals surface area contributed by atoms with Gasteiger partial charge in [0.2, 0.25) is 5.88 Å². The van der Waals surface area contributed by atoms with Crippen molar-refractivity contribution in [3.63, 3.8) is 0 Å².